The summed E-state index contributed by atoms with van der Waals surface area (Å²) in [4.78, 5) is 6.75. The van der Waals surface area contributed by atoms with E-state index >= 15 is 0 Å². The predicted octanol–water partition coefficient (Wildman–Crippen LogP) is 4.13. The van der Waals surface area contributed by atoms with Crippen LogP contribution in [-0.4, -0.2) is 37.6 Å². The summed E-state index contributed by atoms with van der Waals surface area (Å²) in [5.74, 6) is 0.944. The van der Waals surface area contributed by atoms with Crippen LogP contribution in [0.5, 0.6) is 0 Å². The molecule has 1 aliphatic rings. The normalized spacial score (nSPS) is 18.0. The smallest absolute Gasteiger partial charge is 0.194 e. The Morgan fingerprint density at radius 1 is 1.36 bits per heavy atom. The number of aryl methyl sites for hydroxylation is 2. The summed E-state index contributed by atoms with van der Waals surface area (Å²) < 4.78 is 6.04. The molecule has 3 rings (SSSR count). The fourth-order valence-electron chi connectivity index (χ4n) is 3.12. The van der Waals surface area contributed by atoms with Gasteiger partial charge in [0.25, 0.3) is 0 Å². The van der Waals surface area contributed by atoms with E-state index in [1.807, 2.05) is 7.05 Å². The molecule has 0 amide bonds. The molecule has 1 atom stereocenters. The third kappa shape index (κ3) is 5.18. The van der Waals surface area contributed by atoms with Crippen LogP contribution in [0.25, 0.3) is 0 Å². The number of ether oxygens (including phenoxy) is 1. The minimum atomic E-state index is 0. The number of nitrogens with zero attached hydrogens (tertiary/aromatic N) is 2. The Kier molecular flexibility index (Phi) is 7.71. The van der Waals surface area contributed by atoms with Crippen molar-refractivity contribution < 1.29 is 4.74 Å². The topological polar surface area (TPSA) is 36.9 Å². The van der Waals surface area contributed by atoms with Gasteiger partial charge in [-0.1, -0.05) is 23.8 Å². The number of nitrogens with one attached hydrogen (secondary N) is 1. The predicted molar refractivity (Wildman–Crippen MR) is 116 cm³/mol. The minimum Gasteiger partial charge on any atom is -0.370 e. The lowest BCUT2D eigenvalue weighted by molar-refractivity contribution is -0.00834. The van der Waals surface area contributed by atoms with Crippen molar-refractivity contribution >= 4 is 41.3 Å². The van der Waals surface area contributed by atoms with Crippen LogP contribution >= 0.6 is 35.3 Å². The molecule has 1 saturated heterocycles. The number of halogens is 1. The van der Waals surface area contributed by atoms with E-state index in [-0.39, 0.29) is 30.1 Å². The lowest BCUT2D eigenvalue weighted by Crippen LogP contribution is -2.48. The number of rotatable bonds is 3. The number of thiophene rings is 1. The molecule has 0 radical (unpaired) electrons. The molecule has 1 unspecified atom stereocenters. The van der Waals surface area contributed by atoms with Crippen molar-refractivity contribution in [3.63, 3.8) is 0 Å². The number of aliphatic imine (C=N–C) groups is 1. The SMILES string of the molecule is CN=C(NCc1ccsc1)N1CCOC(c2ccc(C)cc2C)C1.I. The summed E-state index contributed by atoms with van der Waals surface area (Å²) in [5, 5.41) is 7.73. The highest BCUT2D eigenvalue weighted by molar-refractivity contribution is 14.0. The highest BCUT2D eigenvalue weighted by Crippen LogP contribution is 2.26. The monoisotopic (exact) mass is 471 g/mol. The quantitative estimate of drug-likeness (QED) is 0.416. The van der Waals surface area contributed by atoms with Crippen molar-refractivity contribution in [1.82, 2.24) is 10.2 Å². The molecule has 136 valence electrons. The Hall–Kier alpha value is -1.12. The van der Waals surface area contributed by atoms with Gasteiger partial charge in [-0.05, 0) is 47.4 Å². The van der Waals surface area contributed by atoms with E-state index in [1.54, 1.807) is 11.3 Å². The van der Waals surface area contributed by atoms with E-state index < -0.39 is 0 Å². The molecule has 0 bridgehead atoms. The maximum absolute atomic E-state index is 6.04. The highest BCUT2D eigenvalue weighted by Gasteiger charge is 2.25. The summed E-state index contributed by atoms with van der Waals surface area (Å²) in [5.41, 5.74) is 5.15. The second kappa shape index (κ2) is 9.54. The summed E-state index contributed by atoms with van der Waals surface area (Å²) >= 11 is 1.72. The molecule has 1 fully saturated rings. The van der Waals surface area contributed by atoms with Crippen LogP contribution in [0.1, 0.15) is 28.4 Å². The van der Waals surface area contributed by atoms with Gasteiger partial charge in [-0.3, -0.25) is 4.99 Å². The Morgan fingerprint density at radius 3 is 2.88 bits per heavy atom. The Balaban J connectivity index is 0.00000225. The maximum Gasteiger partial charge on any atom is 0.194 e. The average Bonchev–Trinajstić information content (AvgIpc) is 3.09. The first-order chi connectivity index (χ1) is 11.7. The van der Waals surface area contributed by atoms with Gasteiger partial charge in [0.1, 0.15) is 6.10 Å². The average molecular weight is 471 g/mol. The molecule has 2 heterocycles. The summed E-state index contributed by atoms with van der Waals surface area (Å²) in [6, 6.07) is 8.72. The first-order valence-corrected chi connectivity index (χ1v) is 9.27. The first-order valence-electron chi connectivity index (χ1n) is 8.33. The van der Waals surface area contributed by atoms with E-state index in [4.69, 9.17) is 4.74 Å². The Morgan fingerprint density at radius 2 is 2.20 bits per heavy atom. The van der Waals surface area contributed by atoms with Gasteiger partial charge in [0.15, 0.2) is 5.96 Å². The molecule has 1 N–H and O–H groups in total. The summed E-state index contributed by atoms with van der Waals surface area (Å²) in [6.45, 7) is 7.51. The molecular weight excluding hydrogens is 445 g/mol. The molecule has 0 spiro atoms. The van der Waals surface area contributed by atoms with Gasteiger partial charge in [-0.15, -0.1) is 24.0 Å². The third-order valence-corrected chi connectivity index (χ3v) is 5.11. The maximum atomic E-state index is 6.04. The zero-order valence-corrected chi connectivity index (χ0v) is 18.1. The molecule has 1 aliphatic heterocycles. The van der Waals surface area contributed by atoms with Crippen LogP contribution in [0.15, 0.2) is 40.0 Å². The van der Waals surface area contributed by atoms with E-state index in [1.165, 1.54) is 22.3 Å². The lowest BCUT2D eigenvalue weighted by Gasteiger charge is -2.35. The van der Waals surface area contributed by atoms with Crippen LogP contribution in [0.3, 0.4) is 0 Å². The lowest BCUT2D eigenvalue weighted by atomic mass is 10.00. The number of morpholine rings is 1. The van der Waals surface area contributed by atoms with Gasteiger partial charge in [-0.25, -0.2) is 0 Å². The van der Waals surface area contributed by atoms with Crippen molar-refractivity contribution in [3.8, 4) is 0 Å². The first kappa shape index (κ1) is 20.2. The molecular formula is C19H26IN3OS. The van der Waals surface area contributed by atoms with Crippen LogP contribution in [0.4, 0.5) is 0 Å². The van der Waals surface area contributed by atoms with Gasteiger partial charge < -0.3 is 15.0 Å². The fourth-order valence-corrected chi connectivity index (χ4v) is 3.79. The molecule has 1 aromatic heterocycles. The van der Waals surface area contributed by atoms with Crippen molar-refractivity contribution in [2.24, 2.45) is 4.99 Å². The molecule has 6 heteroatoms. The van der Waals surface area contributed by atoms with E-state index in [0.717, 1.165) is 32.2 Å². The van der Waals surface area contributed by atoms with Gasteiger partial charge >= 0.3 is 0 Å². The van der Waals surface area contributed by atoms with Gasteiger partial charge in [0.05, 0.1) is 13.2 Å². The molecule has 0 aliphatic carbocycles. The minimum absolute atomic E-state index is 0. The number of hydrogen-bond acceptors (Lipinski definition) is 3. The summed E-state index contributed by atoms with van der Waals surface area (Å²) in [6.07, 6.45) is 0.0963. The second-order valence-corrected chi connectivity index (χ2v) is 6.98. The van der Waals surface area contributed by atoms with Crippen molar-refractivity contribution in [3.05, 3.63) is 57.3 Å². The van der Waals surface area contributed by atoms with Crippen molar-refractivity contribution in [2.75, 3.05) is 26.7 Å². The molecule has 2 aromatic rings. The molecule has 1 aromatic carbocycles. The van der Waals surface area contributed by atoms with Crippen LogP contribution in [-0.2, 0) is 11.3 Å². The molecule has 4 nitrogen and oxygen atoms in total. The highest BCUT2D eigenvalue weighted by atomic mass is 127. The Bertz CT molecular complexity index is 703. The third-order valence-electron chi connectivity index (χ3n) is 4.38. The fraction of sp³-hybridized carbons (Fsp3) is 0.421. The van der Waals surface area contributed by atoms with Crippen molar-refractivity contribution in [2.45, 2.75) is 26.5 Å². The van der Waals surface area contributed by atoms with Gasteiger partial charge in [0.2, 0.25) is 0 Å². The Labute approximate surface area is 171 Å². The largest absolute Gasteiger partial charge is 0.370 e. The standard InChI is InChI=1S/C19H25N3OS.HI/c1-14-4-5-17(15(2)10-14)18-12-22(7-8-23-18)19(20-3)21-11-16-6-9-24-13-16;/h4-6,9-10,13,18H,7-8,11-12H2,1-3H3,(H,20,21);1H. The van der Waals surface area contributed by atoms with Gasteiger partial charge in [-0.2, -0.15) is 11.3 Å². The van der Waals surface area contributed by atoms with E-state index in [0.29, 0.717) is 0 Å². The summed E-state index contributed by atoms with van der Waals surface area (Å²) in [7, 11) is 1.84. The van der Waals surface area contributed by atoms with E-state index in [9.17, 15) is 0 Å². The number of benzene rings is 1. The van der Waals surface area contributed by atoms with Gasteiger partial charge in [0, 0.05) is 20.1 Å². The molecule has 0 saturated carbocycles. The van der Waals surface area contributed by atoms with Crippen LogP contribution < -0.4 is 5.32 Å². The zero-order chi connectivity index (χ0) is 16.9. The van der Waals surface area contributed by atoms with Crippen LogP contribution in [0.2, 0.25) is 0 Å². The number of guanidine groups is 1. The van der Waals surface area contributed by atoms with Crippen LogP contribution in [0, 0.1) is 13.8 Å². The second-order valence-electron chi connectivity index (χ2n) is 6.20. The number of hydrogen-bond donors (Lipinski definition) is 1. The van der Waals surface area contributed by atoms with E-state index in [2.05, 4.69) is 64.1 Å². The zero-order valence-electron chi connectivity index (χ0n) is 15.0. The molecule has 25 heavy (non-hydrogen) atoms. The van der Waals surface area contributed by atoms with Crippen molar-refractivity contribution in [1.29, 1.82) is 0 Å².